The molecule has 0 rings (SSSR count). The third-order valence-electron chi connectivity index (χ3n) is 8.68. The smallest absolute Gasteiger partial charge is 0.209 e. The molecule has 0 spiro atoms. The van der Waals surface area contributed by atoms with E-state index in [-0.39, 0.29) is 12.8 Å². The first-order valence-electron chi connectivity index (χ1n) is 18.2. The standard InChI is InChI=1S/C37H70O5/c1-3-5-7-9-11-13-15-17-18-20-22-24-26-28-30-32-35(40)37(42,36(41)33-38)34(39)31-29-27-25-23-21-19-16-14-12-10-8-6-4-2/h17-18,36,38,41-42H,3-16,19-33H2,1-2H3. The summed E-state index contributed by atoms with van der Waals surface area (Å²) in [6.45, 7) is 3.69. The van der Waals surface area contributed by atoms with E-state index in [2.05, 4.69) is 26.0 Å². The van der Waals surface area contributed by atoms with Gasteiger partial charge in [0.05, 0.1) is 6.61 Å². The topological polar surface area (TPSA) is 94.8 Å². The highest BCUT2D eigenvalue weighted by molar-refractivity contribution is 6.10. The summed E-state index contributed by atoms with van der Waals surface area (Å²) in [4.78, 5) is 25.6. The molecule has 0 saturated heterocycles. The zero-order valence-corrected chi connectivity index (χ0v) is 27.9. The van der Waals surface area contributed by atoms with Crippen molar-refractivity contribution in [2.75, 3.05) is 6.61 Å². The summed E-state index contributed by atoms with van der Waals surface area (Å²) in [5.41, 5.74) is -2.48. The van der Waals surface area contributed by atoms with Crippen molar-refractivity contribution in [3.05, 3.63) is 12.2 Å². The van der Waals surface area contributed by atoms with Crippen molar-refractivity contribution < 1.29 is 24.9 Å². The molecule has 0 aromatic rings. The average Bonchev–Trinajstić information content (AvgIpc) is 3.00. The molecule has 0 aliphatic carbocycles. The predicted molar refractivity (Wildman–Crippen MR) is 178 cm³/mol. The van der Waals surface area contributed by atoms with E-state index in [1.807, 2.05) is 0 Å². The summed E-state index contributed by atoms with van der Waals surface area (Å²) < 4.78 is 0. The summed E-state index contributed by atoms with van der Waals surface area (Å²) in [5, 5.41) is 30.5. The molecular weight excluding hydrogens is 524 g/mol. The summed E-state index contributed by atoms with van der Waals surface area (Å²) in [6.07, 6.45) is 33.3. The highest BCUT2D eigenvalue weighted by Crippen LogP contribution is 2.22. The molecule has 5 nitrogen and oxygen atoms in total. The SMILES string of the molecule is CCCCCCCCC=CCCCCCCCC(=O)C(O)(C(=O)CCCCCCCCCCCCCCC)C(O)CO. The molecule has 0 aliphatic heterocycles. The van der Waals surface area contributed by atoms with E-state index in [4.69, 9.17) is 0 Å². The maximum absolute atomic E-state index is 12.8. The van der Waals surface area contributed by atoms with Crippen LogP contribution in [0.5, 0.6) is 0 Å². The maximum Gasteiger partial charge on any atom is 0.209 e. The number of carbonyl (C=O) groups is 2. The van der Waals surface area contributed by atoms with Gasteiger partial charge in [0.1, 0.15) is 6.10 Å². The van der Waals surface area contributed by atoms with Gasteiger partial charge in [-0.05, 0) is 38.5 Å². The van der Waals surface area contributed by atoms with Gasteiger partial charge in [0.2, 0.25) is 5.60 Å². The lowest BCUT2D eigenvalue weighted by molar-refractivity contribution is -0.166. The maximum atomic E-state index is 12.8. The van der Waals surface area contributed by atoms with Gasteiger partial charge in [0, 0.05) is 12.8 Å². The van der Waals surface area contributed by atoms with E-state index < -0.39 is 29.9 Å². The molecule has 0 heterocycles. The fourth-order valence-electron chi connectivity index (χ4n) is 5.70. The Morgan fingerprint density at radius 3 is 1.12 bits per heavy atom. The molecule has 2 atom stereocenters. The Bertz CT molecular complexity index is 646. The first-order valence-corrected chi connectivity index (χ1v) is 18.2. The first kappa shape index (κ1) is 41.0. The number of unbranched alkanes of at least 4 members (excludes halogenated alkanes) is 23. The van der Waals surface area contributed by atoms with Crippen LogP contribution in [-0.4, -0.2) is 45.2 Å². The van der Waals surface area contributed by atoms with E-state index in [0.29, 0.717) is 12.8 Å². The van der Waals surface area contributed by atoms with Gasteiger partial charge in [0.15, 0.2) is 11.6 Å². The Balaban J connectivity index is 4.01. The average molecular weight is 595 g/mol. The molecule has 0 fully saturated rings. The van der Waals surface area contributed by atoms with E-state index in [0.717, 1.165) is 51.4 Å². The molecule has 2 unspecified atom stereocenters. The van der Waals surface area contributed by atoms with Crippen LogP contribution < -0.4 is 0 Å². The molecule has 3 N–H and O–H groups in total. The second kappa shape index (κ2) is 30.0. The molecule has 0 amide bonds. The number of aliphatic hydroxyl groups excluding tert-OH is 2. The van der Waals surface area contributed by atoms with Gasteiger partial charge < -0.3 is 15.3 Å². The monoisotopic (exact) mass is 595 g/mol. The largest absolute Gasteiger partial charge is 0.394 e. The van der Waals surface area contributed by atoms with Crippen LogP contribution in [0.2, 0.25) is 0 Å². The lowest BCUT2D eigenvalue weighted by Gasteiger charge is -2.29. The number of hydrogen-bond acceptors (Lipinski definition) is 5. The number of allylic oxidation sites excluding steroid dienone is 2. The summed E-state index contributed by atoms with van der Waals surface area (Å²) in [5.74, 6) is -1.30. The zero-order valence-electron chi connectivity index (χ0n) is 27.9. The van der Waals surface area contributed by atoms with Crippen LogP contribution in [0.1, 0.15) is 194 Å². The molecule has 42 heavy (non-hydrogen) atoms. The van der Waals surface area contributed by atoms with E-state index >= 15 is 0 Å². The highest BCUT2D eigenvalue weighted by Gasteiger charge is 2.48. The molecule has 0 aliphatic rings. The van der Waals surface area contributed by atoms with Gasteiger partial charge in [-0.25, -0.2) is 0 Å². The molecule has 248 valence electrons. The van der Waals surface area contributed by atoms with Crippen molar-refractivity contribution in [3.63, 3.8) is 0 Å². The lowest BCUT2D eigenvalue weighted by atomic mass is 9.82. The lowest BCUT2D eigenvalue weighted by Crippen LogP contribution is -2.57. The Hall–Kier alpha value is -1.04. The van der Waals surface area contributed by atoms with Gasteiger partial charge in [-0.2, -0.15) is 0 Å². The van der Waals surface area contributed by atoms with Crippen LogP contribution in [0.4, 0.5) is 0 Å². The Morgan fingerprint density at radius 1 is 0.524 bits per heavy atom. The summed E-state index contributed by atoms with van der Waals surface area (Å²) in [6, 6.07) is 0. The van der Waals surface area contributed by atoms with Crippen molar-refractivity contribution in [2.45, 2.75) is 205 Å². The first-order chi connectivity index (χ1) is 20.4. The molecule has 5 heteroatoms. The van der Waals surface area contributed by atoms with Gasteiger partial charge >= 0.3 is 0 Å². The van der Waals surface area contributed by atoms with Crippen LogP contribution in [0.15, 0.2) is 12.2 Å². The minimum atomic E-state index is -2.48. The number of rotatable bonds is 33. The van der Waals surface area contributed by atoms with E-state index in [1.165, 1.54) is 103 Å². The van der Waals surface area contributed by atoms with Crippen LogP contribution in [0, 0.1) is 0 Å². The second-order valence-corrected chi connectivity index (χ2v) is 12.6. The van der Waals surface area contributed by atoms with Crippen molar-refractivity contribution in [1.82, 2.24) is 0 Å². The van der Waals surface area contributed by atoms with Crippen LogP contribution in [0.25, 0.3) is 0 Å². The highest BCUT2D eigenvalue weighted by atomic mass is 16.4. The summed E-state index contributed by atoms with van der Waals surface area (Å²) in [7, 11) is 0. The van der Waals surface area contributed by atoms with Crippen molar-refractivity contribution >= 4 is 11.6 Å². The molecule has 0 aromatic heterocycles. The van der Waals surface area contributed by atoms with Crippen molar-refractivity contribution in [1.29, 1.82) is 0 Å². The Kier molecular flexibility index (Phi) is 29.3. The van der Waals surface area contributed by atoms with Crippen LogP contribution in [-0.2, 0) is 9.59 Å². The third kappa shape index (κ3) is 21.6. The molecule has 0 aromatic carbocycles. The predicted octanol–water partition coefficient (Wildman–Crippen LogP) is 9.73. The fourth-order valence-corrected chi connectivity index (χ4v) is 5.70. The van der Waals surface area contributed by atoms with Crippen LogP contribution in [0.3, 0.4) is 0 Å². The zero-order chi connectivity index (χ0) is 31.2. The normalized spacial score (nSPS) is 13.9. The number of hydrogen-bond donors (Lipinski definition) is 3. The van der Waals surface area contributed by atoms with Gasteiger partial charge in [0.25, 0.3) is 0 Å². The van der Waals surface area contributed by atoms with E-state index in [9.17, 15) is 24.9 Å². The van der Waals surface area contributed by atoms with Crippen molar-refractivity contribution in [3.8, 4) is 0 Å². The Morgan fingerprint density at radius 2 is 0.810 bits per heavy atom. The molecular formula is C37H70O5. The molecule has 0 bridgehead atoms. The Labute approximate surface area is 260 Å². The summed E-state index contributed by atoms with van der Waals surface area (Å²) >= 11 is 0. The second-order valence-electron chi connectivity index (χ2n) is 12.6. The van der Waals surface area contributed by atoms with Crippen molar-refractivity contribution in [2.24, 2.45) is 0 Å². The minimum absolute atomic E-state index is 0.0516. The molecule has 0 radical (unpaired) electrons. The quantitative estimate of drug-likeness (QED) is 0.0399. The number of carbonyl (C=O) groups excluding carboxylic acids is 2. The van der Waals surface area contributed by atoms with Crippen LogP contribution >= 0.6 is 0 Å². The number of aliphatic hydroxyl groups is 3. The van der Waals surface area contributed by atoms with Gasteiger partial charge in [-0.3, -0.25) is 9.59 Å². The number of Topliss-reactive ketones (excluding diaryl/α,β-unsaturated/α-hetero) is 2. The number of ketones is 2. The third-order valence-corrected chi connectivity index (χ3v) is 8.68. The van der Waals surface area contributed by atoms with Gasteiger partial charge in [-0.15, -0.1) is 0 Å². The minimum Gasteiger partial charge on any atom is -0.394 e. The van der Waals surface area contributed by atoms with E-state index in [1.54, 1.807) is 0 Å². The van der Waals surface area contributed by atoms with Gasteiger partial charge in [-0.1, -0.05) is 154 Å². The molecule has 0 saturated carbocycles. The fraction of sp³-hybridized carbons (Fsp3) is 0.892.